The second-order valence-corrected chi connectivity index (χ2v) is 10.7. The van der Waals surface area contributed by atoms with Gasteiger partial charge in [0.2, 0.25) is 0 Å². The van der Waals surface area contributed by atoms with Crippen LogP contribution in [0.4, 0.5) is 0 Å². The van der Waals surface area contributed by atoms with E-state index in [0.717, 1.165) is 13.2 Å². The van der Waals surface area contributed by atoms with Gasteiger partial charge in [-0.15, -0.1) is 0 Å². The van der Waals surface area contributed by atoms with Crippen molar-refractivity contribution in [1.82, 2.24) is 0 Å². The summed E-state index contributed by atoms with van der Waals surface area (Å²) in [6.07, 6.45) is 0.0690. The van der Waals surface area contributed by atoms with Gasteiger partial charge in [0.05, 0.1) is 13.2 Å². The Morgan fingerprint density at radius 3 is 1.04 bits per heavy atom. The molecule has 0 bridgehead atoms. The Balaban J connectivity index is 2.13. The molecule has 0 aromatic heterocycles. The van der Waals surface area contributed by atoms with E-state index >= 15 is 0 Å². The second kappa shape index (κ2) is 6.22. The minimum Gasteiger partial charge on any atom is -0.370 e. The lowest BCUT2D eigenvalue weighted by Gasteiger charge is -2.46. The first kappa shape index (κ1) is 20.2. The third-order valence-corrected chi connectivity index (χ3v) is 6.95. The highest BCUT2D eigenvalue weighted by atomic mass is 17.2. The van der Waals surface area contributed by atoms with E-state index in [1.54, 1.807) is 0 Å². The molecule has 4 atom stereocenters. The molecule has 4 unspecified atom stereocenters. The molecular formula is C20H38O4. The molecule has 2 aliphatic rings. The molecule has 4 nitrogen and oxygen atoms in total. The number of epoxide rings is 2. The van der Waals surface area contributed by atoms with Crippen molar-refractivity contribution in [3.8, 4) is 0 Å². The first-order chi connectivity index (χ1) is 10.7. The summed E-state index contributed by atoms with van der Waals surface area (Å²) in [4.78, 5) is 12.2. The molecular weight excluding hydrogens is 304 g/mol. The van der Waals surface area contributed by atoms with Crippen LogP contribution < -0.4 is 0 Å². The topological polar surface area (TPSA) is 43.5 Å². The highest BCUT2D eigenvalue weighted by Crippen LogP contribution is 2.48. The monoisotopic (exact) mass is 342 g/mol. The van der Waals surface area contributed by atoms with Crippen molar-refractivity contribution < 1.29 is 19.2 Å². The summed E-state index contributed by atoms with van der Waals surface area (Å²) in [6, 6.07) is 0. The molecule has 0 saturated carbocycles. The van der Waals surface area contributed by atoms with Crippen LogP contribution in [0, 0.1) is 21.7 Å². The van der Waals surface area contributed by atoms with Gasteiger partial charge in [0, 0.05) is 10.8 Å². The van der Waals surface area contributed by atoms with Crippen molar-refractivity contribution >= 4 is 0 Å². The van der Waals surface area contributed by atoms with Gasteiger partial charge in [0.15, 0.2) is 0 Å². The molecule has 2 fully saturated rings. The second-order valence-electron chi connectivity index (χ2n) is 10.7. The summed E-state index contributed by atoms with van der Waals surface area (Å²) in [5, 5.41) is 0. The van der Waals surface area contributed by atoms with E-state index in [0.29, 0.717) is 0 Å². The Hall–Kier alpha value is -0.160. The van der Waals surface area contributed by atoms with Crippen molar-refractivity contribution in [2.45, 2.75) is 93.7 Å². The van der Waals surface area contributed by atoms with Crippen LogP contribution in [0.1, 0.15) is 69.2 Å². The van der Waals surface area contributed by atoms with E-state index in [-0.39, 0.29) is 46.1 Å². The third kappa shape index (κ3) is 3.98. The fourth-order valence-corrected chi connectivity index (χ4v) is 2.73. The number of hydrogen-bond donors (Lipinski definition) is 0. The van der Waals surface area contributed by atoms with Crippen LogP contribution in [0.3, 0.4) is 0 Å². The van der Waals surface area contributed by atoms with Crippen LogP contribution in [-0.4, -0.2) is 37.6 Å². The van der Waals surface area contributed by atoms with Gasteiger partial charge in [-0.3, -0.25) is 0 Å². The van der Waals surface area contributed by atoms with Crippen molar-refractivity contribution in [2.75, 3.05) is 13.2 Å². The summed E-state index contributed by atoms with van der Waals surface area (Å²) < 4.78 is 11.2. The van der Waals surface area contributed by atoms with Crippen molar-refractivity contribution in [3.05, 3.63) is 0 Å². The maximum absolute atomic E-state index is 6.10. The highest BCUT2D eigenvalue weighted by Gasteiger charge is 2.53. The molecule has 2 rings (SSSR count). The molecule has 2 heterocycles. The van der Waals surface area contributed by atoms with Crippen molar-refractivity contribution in [1.29, 1.82) is 0 Å². The van der Waals surface area contributed by atoms with E-state index in [4.69, 9.17) is 19.2 Å². The number of rotatable bonds is 7. The summed E-state index contributed by atoms with van der Waals surface area (Å²) in [7, 11) is 0. The minimum absolute atomic E-state index is 0.0744. The Labute approximate surface area is 148 Å². The standard InChI is InChI=1S/C20H38O4/c1-17(2,3)19(7,8)15(13-11-21-13)23-24-16(14-12-22-14)20(9,10)18(4,5)6/h13-16H,11-12H2,1-10H3. The van der Waals surface area contributed by atoms with Gasteiger partial charge in [-0.05, 0) is 10.8 Å². The summed E-state index contributed by atoms with van der Waals surface area (Å²) in [5.41, 5.74) is 0.0141. The largest absolute Gasteiger partial charge is 0.370 e. The summed E-state index contributed by atoms with van der Waals surface area (Å²) in [6.45, 7) is 23.9. The molecule has 4 heteroatoms. The first-order valence-electron chi connectivity index (χ1n) is 9.25. The fraction of sp³-hybridized carbons (Fsp3) is 1.00. The van der Waals surface area contributed by atoms with Gasteiger partial charge < -0.3 is 9.47 Å². The molecule has 24 heavy (non-hydrogen) atoms. The van der Waals surface area contributed by atoms with Gasteiger partial charge in [-0.25, -0.2) is 9.78 Å². The molecule has 0 aromatic carbocycles. The van der Waals surface area contributed by atoms with Crippen LogP contribution in [0.2, 0.25) is 0 Å². The zero-order valence-corrected chi connectivity index (χ0v) is 17.4. The Morgan fingerprint density at radius 2 is 0.875 bits per heavy atom. The van der Waals surface area contributed by atoms with E-state index < -0.39 is 0 Å². The molecule has 142 valence electrons. The zero-order valence-electron chi connectivity index (χ0n) is 17.4. The van der Waals surface area contributed by atoms with Gasteiger partial charge in [0.25, 0.3) is 0 Å². The van der Waals surface area contributed by atoms with Crippen LogP contribution in [-0.2, 0) is 19.2 Å². The van der Waals surface area contributed by atoms with Crippen LogP contribution in [0.25, 0.3) is 0 Å². The summed E-state index contributed by atoms with van der Waals surface area (Å²) >= 11 is 0. The predicted molar refractivity (Wildman–Crippen MR) is 95.7 cm³/mol. The van der Waals surface area contributed by atoms with E-state index in [1.165, 1.54) is 0 Å². The molecule has 0 spiro atoms. The smallest absolute Gasteiger partial charge is 0.127 e. The lowest BCUT2D eigenvalue weighted by atomic mass is 9.65. The molecule has 2 saturated heterocycles. The van der Waals surface area contributed by atoms with Crippen molar-refractivity contribution in [3.63, 3.8) is 0 Å². The summed E-state index contributed by atoms with van der Waals surface area (Å²) in [5.74, 6) is 0. The molecule has 0 aliphatic carbocycles. The fourth-order valence-electron chi connectivity index (χ4n) is 2.73. The third-order valence-electron chi connectivity index (χ3n) is 6.95. The van der Waals surface area contributed by atoms with E-state index in [2.05, 4.69) is 69.2 Å². The minimum atomic E-state index is -0.0884. The average molecular weight is 343 g/mol. The van der Waals surface area contributed by atoms with Crippen LogP contribution in [0.5, 0.6) is 0 Å². The highest BCUT2D eigenvalue weighted by molar-refractivity contribution is 4.98. The quantitative estimate of drug-likeness (QED) is 0.385. The molecule has 0 aromatic rings. The van der Waals surface area contributed by atoms with Gasteiger partial charge in [-0.1, -0.05) is 69.2 Å². The Morgan fingerprint density at radius 1 is 0.625 bits per heavy atom. The Kier molecular flexibility index (Phi) is 5.23. The van der Waals surface area contributed by atoms with E-state index in [9.17, 15) is 0 Å². The number of hydrogen-bond acceptors (Lipinski definition) is 4. The first-order valence-corrected chi connectivity index (χ1v) is 9.25. The zero-order chi connectivity index (χ0) is 18.6. The maximum atomic E-state index is 6.10. The molecule has 2 aliphatic heterocycles. The Bertz CT molecular complexity index is 392. The molecule has 0 radical (unpaired) electrons. The van der Waals surface area contributed by atoms with Crippen LogP contribution >= 0.6 is 0 Å². The predicted octanol–water partition coefficient (Wildman–Crippen LogP) is 4.61. The van der Waals surface area contributed by atoms with E-state index in [1.807, 2.05) is 0 Å². The lowest BCUT2D eigenvalue weighted by Crippen LogP contribution is -2.49. The lowest BCUT2D eigenvalue weighted by molar-refractivity contribution is -0.395. The maximum Gasteiger partial charge on any atom is 0.127 e. The SMILES string of the molecule is CC(C)(C)C(C)(C)C(OOC(C1CO1)C(C)(C)C(C)(C)C)C1CO1. The van der Waals surface area contributed by atoms with Crippen LogP contribution in [0.15, 0.2) is 0 Å². The number of ether oxygens (including phenoxy) is 2. The van der Waals surface area contributed by atoms with Crippen molar-refractivity contribution in [2.24, 2.45) is 21.7 Å². The molecule has 0 amide bonds. The average Bonchev–Trinajstić information content (AvgIpc) is 3.21. The molecule has 0 N–H and O–H groups in total. The van der Waals surface area contributed by atoms with Gasteiger partial charge in [-0.2, -0.15) is 0 Å². The van der Waals surface area contributed by atoms with Gasteiger partial charge >= 0.3 is 0 Å². The normalized spacial score (nSPS) is 27.8. The van der Waals surface area contributed by atoms with Gasteiger partial charge in [0.1, 0.15) is 24.4 Å².